The highest BCUT2D eigenvalue weighted by atomic mass is 16.3. The second-order valence-electron chi connectivity index (χ2n) is 10.2. The monoisotopic (exact) mass is 430 g/mol. The van der Waals surface area contributed by atoms with Crippen molar-refractivity contribution < 1.29 is 10.2 Å². The molecule has 2 aromatic carbocycles. The third-order valence-corrected chi connectivity index (χ3v) is 8.35. The molecule has 0 radical (unpaired) electrons. The number of allylic oxidation sites excluding steroid dienone is 4. The third-order valence-electron chi connectivity index (χ3n) is 8.35. The number of aromatic hydroxyl groups is 2. The Morgan fingerprint density at radius 1 is 0.594 bits per heavy atom. The van der Waals surface area contributed by atoms with E-state index in [0.717, 1.165) is 35.8 Å². The summed E-state index contributed by atoms with van der Waals surface area (Å²) in [4.78, 5) is 0. The smallest absolute Gasteiger partial charge is 0.119 e. The minimum atomic E-state index is 0.414. The predicted molar refractivity (Wildman–Crippen MR) is 135 cm³/mol. The Balaban J connectivity index is 1.49. The van der Waals surface area contributed by atoms with Gasteiger partial charge < -0.3 is 10.2 Å². The van der Waals surface area contributed by atoms with Crippen molar-refractivity contribution in [2.45, 2.75) is 80.1 Å². The van der Waals surface area contributed by atoms with Crippen LogP contribution in [0.2, 0.25) is 0 Å². The first-order chi connectivity index (χ1) is 15.2. The molecule has 2 heteroatoms. The fraction of sp³-hybridized carbons (Fsp3) is 0.467. The Hall–Kier alpha value is -2.48. The van der Waals surface area contributed by atoms with Gasteiger partial charge in [-0.3, -0.25) is 0 Å². The molecule has 0 bridgehead atoms. The molecule has 2 nitrogen and oxygen atoms in total. The van der Waals surface area contributed by atoms with Crippen molar-refractivity contribution in [1.29, 1.82) is 0 Å². The number of phenols is 2. The van der Waals surface area contributed by atoms with E-state index in [9.17, 15) is 10.2 Å². The number of rotatable bonds is 3. The molecule has 0 heterocycles. The highest BCUT2D eigenvalue weighted by molar-refractivity contribution is 5.75. The Morgan fingerprint density at radius 3 is 1.28 bits per heavy atom. The van der Waals surface area contributed by atoms with E-state index < -0.39 is 0 Å². The number of phenolic OH excluding ortho intramolecular Hbond substituents is 2. The molecule has 0 aliphatic heterocycles. The zero-order valence-corrected chi connectivity index (χ0v) is 20.6. The van der Waals surface area contributed by atoms with Gasteiger partial charge in [-0.2, -0.15) is 0 Å². The minimum Gasteiger partial charge on any atom is -0.508 e. The maximum Gasteiger partial charge on any atom is 0.119 e. The Morgan fingerprint density at radius 2 is 0.969 bits per heavy atom. The molecule has 170 valence electrons. The second kappa shape index (κ2) is 8.81. The summed E-state index contributed by atoms with van der Waals surface area (Å²) in [7, 11) is 0. The maximum absolute atomic E-state index is 10.1. The van der Waals surface area contributed by atoms with Gasteiger partial charge in [-0.05, 0) is 160 Å². The molecule has 4 rings (SSSR count). The molecule has 2 aliphatic carbocycles. The van der Waals surface area contributed by atoms with E-state index in [2.05, 4.69) is 39.8 Å². The lowest BCUT2D eigenvalue weighted by molar-refractivity contribution is 0.292. The highest BCUT2D eigenvalue weighted by Crippen LogP contribution is 2.44. The van der Waals surface area contributed by atoms with Crippen LogP contribution in [0.1, 0.15) is 83.0 Å². The summed E-state index contributed by atoms with van der Waals surface area (Å²) in [5.74, 6) is 2.35. The van der Waals surface area contributed by atoms with Gasteiger partial charge in [0.2, 0.25) is 0 Å². The second-order valence-corrected chi connectivity index (χ2v) is 10.2. The Kier molecular flexibility index (Phi) is 6.25. The van der Waals surface area contributed by atoms with Gasteiger partial charge in [-0.15, -0.1) is 0 Å². The van der Waals surface area contributed by atoms with Crippen molar-refractivity contribution in [3.63, 3.8) is 0 Å². The molecule has 2 aromatic rings. The first-order valence-electron chi connectivity index (χ1n) is 12.2. The average molecular weight is 431 g/mol. The third kappa shape index (κ3) is 4.00. The summed E-state index contributed by atoms with van der Waals surface area (Å²) in [6.07, 6.45) is 12.1. The summed E-state index contributed by atoms with van der Waals surface area (Å²) >= 11 is 0. The van der Waals surface area contributed by atoms with E-state index in [1.807, 2.05) is 26.0 Å². The van der Waals surface area contributed by atoms with Crippen molar-refractivity contribution in [3.05, 3.63) is 68.8 Å². The summed E-state index contributed by atoms with van der Waals surface area (Å²) in [6, 6.07) is 3.85. The van der Waals surface area contributed by atoms with Crippen molar-refractivity contribution in [2.75, 3.05) is 0 Å². The van der Waals surface area contributed by atoms with Crippen molar-refractivity contribution in [1.82, 2.24) is 0 Å². The van der Waals surface area contributed by atoms with Gasteiger partial charge in [0, 0.05) is 0 Å². The van der Waals surface area contributed by atoms with Crippen LogP contribution in [0, 0.1) is 53.4 Å². The first kappa shape index (κ1) is 22.7. The predicted octanol–water partition coefficient (Wildman–Crippen LogP) is 8.02. The van der Waals surface area contributed by atoms with Gasteiger partial charge in [0.15, 0.2) is 0 Å². The van der Waals surface area contributed by atoms with Crippen molar-refractivity contribution in [3.8, 4) is 11.5 Å². The maximum atomic E-state index is 10.1. The molecule has 2 unspecified atom stereocenters. The normalized spacial score (nSPS) is 21.3. The number of aryl methyl sites for hydroxylation is 2. The van der Waals surface area contributed by atoms with E-state index in [4.69, 9.17) is 0 Å². The molecular weight excluding hydrogens is 392 g/mol. The van der Waals surface area contributed by atoms with E-state index in [1.54, 1.807) is 0 Å². The quantitative estimate of drug-likeness (QED) is 0.517. The van der Waals surface area contributed by atoms with E-state index in [0.29, 0.717) is 11.5 Å². The Labute approximate surface area is 193 Å². The molecule has 2 aliphatic rings. The lowest BCUT2D eigenvalue weighted by Gasteiger charge is -2.33. The summed E-state index contributed by atoms with van der Waals surface area (Å²) < 4.78 is 0. The number of benzene rings is 2. The first-order valence-corrected chi connectivity index (χ1v) is 12.2. The summed E-state index contributed by atoms with van der Waals surface area (Å²) in [5, 5.41) is 20.3. The molecule has 0 spiro atoms. The Bertz CT molecular complexity index is 1030. The van der Waals surface area contributed by atoms with Crippen LogP contribution in [0.4, 0.5) is 0 Å². The standard InChI is InChI=1S/C30H38O2/c1-17-15-27(31)19(3)21(5)29(17)25-11-7-23(8-12-25)24-9-13-26(14-10-24)30-18(2)16-28(32)20(4)22(30)6/h11,13,15-16,23-24,31-32H,7-10,12,14H2,1-6H3. The van der Waals surface area contributed by atoms with Gasteiger partial charge in [0.25, 0.3) is 0 Å². The molecule has 2 atom stereocenters. The van der Waals surface area contributed by atoms with Gasteiger partial charge in [-0.1, -0.05) is 12.2 Å². The van der Waals surface area contributed by atoms with Crippen LogP contribution in [0.15, 0.2) is 24.3 Å². The highest BCUT2D eigenvalue weighted by Gasteiger charge is 2.28. The van der Waals surface area contributed by atoms with Crippen LogP contribution in [0.3, 0.4) is 0 Å². The fourth-order valence-corrected chi connectivity index (χ4v) is 6.13. The number of hydrogen-bond donors (Lipinski definition) is 2. The SMILES string of the molecule is Cc1cc(O)c(C)c(C)c1C1=CCC(C2CC=C(c3c(C)cc(O)c(C)c3C)CC2)CC1. The fourth-order valence-electron chi connectivity index (χ4n) is 6.13. The van der Waals surface area contributed by atoms with Crippen molar-refractivity contribution >= 4 is 11.1 Å². The van der Waals surface area contributed by atoms with E-state index >= 15 is 0 Å². The zero-order chi connectivity index (χ0) is 23.2. The topological polar surface area (TPSA) is 40.5 Å². The molecule has 0 fully saturated rings. The molecule has 0 saturated heterocycles. The van der Waals surface area contributed by atoms with Gasteiger partial charge in [0.1, 0.15) is 11.5 Å². The average Bonchev–Trinajstić information content (AvgIpc) is 2.77. The van der Waals surface area contributed by atoms with Crippen LogP contribution in [-0.2, 0) is 0 Å². The van der Waals surface area contributed by atoms with Crippen LogP contribution in [0.25, 0.3) is 11.1 Å². The van der Waals surface area contributed by atoms with Crippen LogP contribution >= 0.6 is 0 Å². The summed E-state index contributed by atoms with van der Waals surface area (Å²) in [6.45, 7) is 12.6. The minimum absolute atomic E-state index is 0.414. The molecule has 0 saturated carbocycles. The van der Waals surface area contributed by atoms with Crippen LogP contribution < -0.4 is 0 Å². The van der Waals surface area contributed by atoms with Crippen LogP contribution in [-0.4, -0.2) is 10.2 Å². The van der Waals surface area contributed by atoms with E-state index in [-0.39, 0.29) is 0 Å². The largest absolute Gasteiger partial charge is 0.508 e. The molecule has 0 aromatic heterocycles. The molecule has 0 amide bonds. The molecular formula is C30H38O2. The molecule has 2 N–H and O–H groups in total. The zero-order valence-electron chi connectivity index (χ0n) is 20.6. The van der Waals surface area contributed by atoms with Crippen LogP contribution in [0.5, 0.6) is 11.5 Å². The van der Waals surface area contributed by atoms with Gasteiger partial charge in [-0.25, -0.2) is 0 Å². The van der Waals surface area contributed by atoms with Gasteiger partial charge in [0.05, 0.1) is 0 Å². The summed E-state index contributed by atoms with van der Waals surface area (Å²) in [5.41, 5.74) is 12.5. The molecule has 32 heavy (non-hydrogen) atoms. The van der Waals surface area contributed by atoms with E-state index in [1.165, 1.54) is 70.2 Å². The lowest BCUT2D eigenvalue weighted by Crippen LogP contribution is -2.19. The van der Waals surface area contributed by atoms with Gasteiger partial charge >= 0.3 is 0 Å². The van der Waals surface area contributed by atoms with Crippen molar-refractivity contribution in [2.24, 2.45) is 11.8 Å². The number of hydrogen-bond acceptors (Lipinski definition) is 2. The lowest BCUT2D eigenvalue weighted by atomic mass is 9.72.